The van der Waals surface area contributed by atoms with Crippen molar-refractivity contribution in [2.45, 2.75) is 64.8 Å². The average Bonchev–Trinajstić information content (AvgIpc) is 2.93. The highest BCUT2D eigenvalue weighted by Gasteiger charge is 2.34. The highest BCUT2D eigenvalue weighted by Crippen LogP contribution is 2.37. The van der Waals surface area contributed by atoms with Gasteiger partial charge >= 0.3 is 0 Å². The van der Waals surface area contributed by atoms with Crippen LogP contribution in [-0.4, -0.2) is 12.6 Å². The van der Waals surface area contributed by atoms with Gasteiger partial charge in [-0.3, -0.25) is 0 Å². The Morgan fingerprint density at radius 3 is 2.19 bits per heavy atom. The molecule has 1 fully saturated rings. The smallest absolute Gasteiger partial charge is 0.0130 e. The zero-order valence-electron chi connectivity index (χ0n) is 13.8. The molecular weight excluding hydrogens is 254 g/mol. The van der Waals surface area contributed by atoms with E-state index in [9.17, 15) is 0 Å². The van der Waals surface area contributed by atoms with Gasteiger partial charge in [-0.15, -0.1) is 0 Å². The van der Waals surface area contributed by atoms with E-state index in [1.54, 1.807) is 11.1 Å². The SMILES string of the molecule is CCCNC(C1CCC(C)CC1)C1Cc2ccccc2C1. The summed E-state index contributed by atoms with van der Waals surface area (Å²) < 4.78 is 0. The van der Waals surface area contributed by atoms with E-state index in [4.69, 9.17) is 0 Å². The molecule has 1 aromatic carbocycles. The minimum absolute atomic E-state index is 0.741. The highest BCUT2D eigenvalue weighted by molar-refractivity contribution is 5.32. The molecule has 1 nitrogen and oxygen atoms in total. The molecule has 21 heavy (non-hydrogen) atoms. The second-order valence-electron chi connectivity index (χ2n) is 7.44. The van der Waals surface area contributed by atoms with Crippen LogP contribution in [0.2, 0.25) is 0 Å². The molecule has 0 aliphatic heterocycles. The molecule has 0 amide bonds. The molecule has 1 atom stereocenters. The summed E-state index contributed by atoms with van der Waals surface area (Å²) in [7, 11) is 0. The van der Waals surface area contributed by atoms with Gasteiger partial charge in [-0.25, -0.2) is 0 Å². The maximum Gasteiger partial charge on any atom is 0.0130 e. The lowest BCUT2D eigenvalue weighted by Gasteiger charge is -2.37. The van der Waals surface area contributed by atoms with Crippen LogP contribution in [-0.2, 0) is 12.8 Å². The van der Waals surface area contributed by atoms with Gasteiger partial charge in [-0.05, 0) is 67.5 Å². The van der Waals surface area contributed by atoms with E-state index in [2.05, 4.69) is 43.4 Å². The molecule has 1 saturated carbocycles. The van der Waals surface area contributed by atoms with Gasteiger partial charge in [0.15, 0.2) is 0 Å². The first kappa shape index (κ1) is 15.1. The van der Waals surface area contributed by atoms with Crippen LogP contribution in [0.25, 0.3) is 0 Å². The highest BCUT2D eigenvalue weighted by atomic mass is 14.9. The van der Waals surface area contributed by atoms with E-state index in [1.165, 1.54) is 51.5 Å². The van der Waals surface area contributed by atoms with E-state index in [1.807, 2.05) is 0 Å². The fourth-order valence-electron chi connectivity index (χ4n) is 4.52. The van der Waals surface area contributed by atoms with Crippen LogP contribution in [0.15, 0.2) is 24.3 Å². The Labute approximate surface area is 130 Å². The molecule has 3 rings (SSSR count). The minimum Gasteiger partial charge on any atom is -0.313 e. The van der Waals surface area contributed by atoms with Crippen molar-refractivity contribution in [2.75, 3.05) is 6.54 Å². The third kappa shape index (κ3) is 3.51. The molecular formula is C20H31N. The molecule has 0 radical (unpaired) electrons. The van der Waals surface area contributed by atoms with Crippen LogP contribution in [0.5, 0.6) is 0 Å². The normalized spacial score (nSPS) is 27.5. The van der Waals surface area contributed by atoms with Crippen molar-refractivity contribution in [2.24, 2.45) is 17.8 Å². The summed E-state index contributed by atoms with van der Waals surface area (Å²) >= 11 is 0. The first-order valence-electron chi connectivity index (χ1n) is 9.08. The second-order valence-corrected chi connectivity index (χ2v) is 7.44. The number of hydrogen-bond donors (Lipinski definition) is 1. The van der Waals surface area contributed by atoms with Gasteiger partial charge in [0.2, 0.25) is 0 Å². The summed E-state index contributed by atoms with van der Waals surface area (Å²) in [6, 6.07) is 9.84. The number of fused-ring (bicyclic) bond motifs is 1. The Kier molecular flexibility index (Phi) is 5.00. The number of benzene rings is 1. The summed E-state index contributed by atoms with van der Waals surface area (Å²) in [5.74, 6) is 2.69. The first-order valence-corrected chi connectivity index (χ1v) is 9.08. The molecule has 0 heterocycles. The van der Waals surface area contributed by atoms with Crippen molar-refractivity contribution < 1.29 is 0 Å². The van der Waals surface area contributed by atoms with Gasteiger partial charge in [0.25, 0.3) is 0 Å². The largest absolute Gasteiger partial charge is 0.313 e. The van der Waals surface area contributed by atoms with Crippen LogP contribution in [0, 0.1) is 17.8 Å². The van der Waals surface area contributed by atoms with Crippen molar-refractivity contribution in [1.82, 2.24) is 5.32 Å². The Hall–Kier alpha value is -0.820. The van der Waals surface area contributed by atoms with Crippen LogP contribution in [0.3, 0.4) is 0 Å². The third-order valence-electron chi connectivity index (χ3n) is 5.79. The predicted octanol–water partition coefficient (Wildman–Crippen LogP) is 4.60. The molecule has 1 heteroatoms. The third-order valence-corrected chi connectivity index (χ3v) is 5.79. The minimum atomic E-state index is 0.741. The average molecular weight is 285 g/mol. The van der Waals surface area contributed by atoms with Crippen LogP contribution in [0.1, 0.15) is 57.1 Å². The Bertz CT molecular complexity index is 420. The lowest BCUT2D eigenvalue weighted by Crippen LogP contribution is -2.44. The number of hydrogen-bond acceptors (Lipinski definition) is 1. The van der Waals surface area contributed by atoms with E-state index in [0.29, 0.717) is 0 Å². The quantitative estimate of drug-likeness (QED) is 0.834. The van der Waals surface area contributed by atoms with E-state index in [0.717, 1.165) is 23.8 Å². The summed E-state index contributed by atoms with van der Waals surface area (Å²) in [4.78, 5) is 0. The zero-order chi connectivity index (χ0) is 14.7. The van der Waals surface area contributed by atoms with Gasteiger partial charge in [0.1, 0.15) is 0 Å². The Morgan fingerprint density at radius 1 is 1.00 bits per heavy atom. The van der Waals surface area contributed by atoms with Crippen molar-refractivity contribution in [3.05, 3.63) is 35.4 Å². The molecule has 2 aliphatic carbocycles. The monoisotopic (exact) mass is 285 g/mol. The molecule has 1 unspecified atom stereocenters. The topological polar surface area (TPSA) is 12.0 Å². The predicted molar refractivity (Wildman–Crippen MR) is 90.5 cm³/mol. The Morgan fingerprint density at radius 2 is 1.62 bits per heavy atom. The van der Waals surface area contributed by atoms with Crippen LogP contribution >= 0.6 is 0 Å². The molecule has 0 bridgehead atoms. The molecule has 1 N–H and O–H groups in total. The van der Waals surface area contributed by atoms with E-state index < -0.39 is 0 Å². The van der Waals surface area contributed by atoms with E-state index in [-0.39, 0.29) is 0 Å². The van der Waals surface area contributed by atoms with Gasteiger partial charge < -0.3 is 5.32 Å². The van der Waals surface area contributed by atoms with Crippen LogP contribution < -0.4 is 5.32 Å². The lowest BCUT2D eigenvalue weighted by atomic mass is 9.75. The summed E-state index contributed by atoms with van der Waals surface area (Å²) in [5, 5.41) is 3.93. The molecule has 2 aliphatic rings. The Balaban J connectivity index is 1.68. The van der Waals surface area contributed by atoms with Crippen molar-refractivity contribution in [3.8, 4) is 0 Å². The molecule has 116 valence electrons. The maximum atomic E-state index is 3.93. The fraction of sp³-hybridized carbons (Fsp3) is 0.700. The van der Waals surface area contributed by atoms with Crippen LogP contribution in [0.4, 0.5) is 0 Å². The summed E-state index contributed by atoms with van der Waals surface area (Å²) in [6.45, 7) is 5.90. The molecule has 0 spiro atoms. The molecule has 1 aromatic rings. The van der Waals surface area contributed by atoms with E-state index >= 15 is 0 Å². The number of nitrogens with one attached hydrogen (secondary N) is 1. The summed E-state index contributed by atoms with van der Waals surface area (Å²) in [5.41, 5.74) is 3.21. The molecule has 0 aromatic heterocycles. The number of rotatable bonds is 5. The molecule has 0 saturated heterocycles. The van der Waals surface area contributed by atoms with Gasteiger partial charge in [-0.1, -0.05) is 51.0 Å². The second kappa shape index (κ2) is 6.96. The van der Waals surface area contributed by atoms with Gasteiger partial charge in [-0.2, -0.15) is 0 Å². The van der Waals surface area contributed by atoms with Crippen molar-refractivity contribution in [3.63, 3.8) is 0 Å². The fourth-order valence-corrected chi connectivity index (χ4v) is 4.52. The standard InChI is InChI=1S/C20H31N/c1-3-12-21-20(16-10-8-15(2)9-11-16)19-13-17-6-4-5-7-18(17)14-19/h4-7,15-16,19-21H,3,8-14H2,1-2H3. The maximum absolute atomic E-state index is 3.93. The zero-order valence-corrected chi connectivity index (χ0v) is 13.8. The van der Waals surface area contributed by atoms with Gasteiger partial charge in [0, 0.05) is 6.04 Å². The van der Waals surface area contributed by atoms with Crippen molar-refractivity contribution in [1.29, 1.82) is 0 Å². The lowest BCUT2D eigenvalue weighted by molar-refractivity contribution is 0.185. The van der Waals surface area contributed by atoms with Crippen molar-refractivity contribution >= 4 is 0 Å². The van der Waals surface area contributed by atoms with Gasteiger partial charge in [0.05, 0.1) is 0 Å². The summed E-state index contributed by atoms with van der Waals surface area (Å²) in [6.07, 6.45) is 9.60. The first-order chi connectivity index (χ1) is 10.3.